The summed E-state index contributed by atoms with van der Waals surface area (Å²) < 4.78 is 48.0. The zero-order valence-electron chi connectivity index (χ0n) is 25.8. The van der Waals surface area contributed by atoms with Crippen LogP contribution in [0.4, 0.5) is 8.78 Å². The number of ether oxygens (including phenoxy) is 4. The molecule has 236 valence electrons. The quantitative estimate of drug-likeness (QED) is 0.363. The zero-order chi connectivity index (χ0) is 31.4. The van der Waals surface area contributed by atoms with Crippen molar-refractivity contribution in [1.82, 2.24) is 9.91 Å². The van der Waals surface area contributed by atoms with Gasteiger partial charge in [0.05, 0.1) is 30.9 Å². The lowest BCUT2D eigenvalue weighted by atomic mass is 9.80. The molecule has 3 aliphatic heterocycles. The summed E-state index contributed by atoms with van der Waals surface area (Å²) in [5.41, 5.74) is 1.67. The number of alkyl halides is 2. The Balaban J connectivity index is 1.17. The first-order valence-electron chi connectivity index (χ1n) is 15.2. The minimum absolute atomic E-state index is 0.0768. The Morgan fingerprint density at radius 3 is 2.41 bits per heavy atom. The zero-order valence-corrected chi connectivity index (χ0v) is 25.8. The second-order valence-electron chi connectivity index (χ2n) is 13.2. The standard InChI is InChI=1S/C33H39F2N3O6/c1-32(2)17-23-22(9-11-25(41-5)27(23)44-32)28-33(3,4)30(40)38(36-28)21-12-14-37(15-13-21)29(39)20-8-10-24(43-31(34)35)26(16-20)42-18-19-6-7-19/h8-11,16,19,21,31H,6-7,12-15,17-18H2,1-5H3. The van der Waals surface area contributed by atoms with Crippen LogP contribution in [0.25, 0.3) is 0 Å². The van der Waals surface area contributed by atoms with E-state index < -0.39 is 17.6 Å². The van der Waals surface area contributed by atoms with Crippen molar-refractivity contribution in [3.8, 4) is 23.0 Å². The highest BCUT2D eigenvalue weighted by Gasteiger charge is 2.48. The first-order valence-corrected chi connectivity index (χ1v) is 15.2. The van der Waals surface area contributed by atoms with E-state index in [2.05, 4.69) is 4.74 Å². The Bertz CT molecular complexity index is 1490. The fraction of sp³-hybridized carbons (Fsp3) is 0.545. The Morgan fingerprint density at radius 2 is 1.75 bits per heavy atom. The molecule has 0 radical (unpaired) electrons. The second kappa shape index (κ2) is 11.2. The van der Waals surface area contributed by atoms with E-state index in [1.54, 1.807) is 17.0 Å². The Morgan fingerprint density at radius 1 is 1.05 bits per heavy atom. The minimum atomic E-state index is -2.99. The van der Waals surface area contributed by atoms with Gasteiger partial charge in [-0.2, -0.15) is 13.9 Å². The van der Waals surface area contributed by atoms with Crippen LogP contribution >= 0.6 is 0 Å². The topological polar surface area (TPSA) is 89.9 Å². The van der Waals surface area contributed by atoms with E-state index in [-0.39, 0.29) is 29.4 Å². The van der Waals surface area contributed by atoms with Crippen LogP contribution in [0.15, 0.2) is 35.4 Å². The number of carbonyl (C=O) groups excluding carboxylic acids is 2. The van der Waals surface area contributed by atoms with Crippen LogP contribution < -0.4 is 18.9 Å². The summed E-state index contributed by atoms with van der Waals surface area (Å²) in [7, 11) is 1.61. The van der Waals surface area contributed by atoms with Crippen LogP contribution in [0.3, 0.4) is 0 Å². The molecule has 4 aliphatic rings. The monoisotopic (exact) mass is 611 g/mol. The van der Waals surface area contributed by atoms with Crippen molar-refractivity contribution >= 4 is 17.5 Å². The van der Waals surface area contributed by atoms with Gasteiger partial charge in [-0.25, -0.2) is 5.01 Å². The molecule has 2 amide bonds. The van der Waals surface area contributed by atoms with E-state index in [0.29, 0.717) is 67.7 Å². The number of rotatable bonds is 9. The van der Waals surface area contributed by atoms with Crippen molar-refractivity contribution in [3.05, 3.63) is 47.0 Å². The lowest BCUT2D eigenvalue weighted by Crippen LogP contribution is -2.47. The van der Waals surface area contributed by atoms with E-state index in [9.17, 15) is 18.4 Å². The molecule has 9 nitrogen and oxygen atoms in total. The number of likely N-dealkylation sites (tertiary alicyclic amines) is 1. The van der Waals surface area contributed by atoms with Gasteiger partial charge in [0.1, 0.15) is 5.60 Å². The van der Waals surface area contributed by atoms with Crippen molar-refractivity contribution in [2.75, 3.05) is 26.8 Å². The van der Waals surface area contributed by atoms with Gasteiger partial charge < -0.3 is 23.8 Å². The molecule has 0 spiro atoms. The van der Waals surface area contributed by atoms with E-state index >= 15 is 0 Å². The van der Waals surface area contributed by atoms with Crippen LogP contribution in [0.2, 0.25) is 0 Å². The van der Waals surface area contributed by atoms with E-state index in [1.165, 1.54) is 18.2 Å². The maximum Gasteiger partial charge on any atom is 0.387 e. The number of piperidine rings is 1. The maximum absolute atomic E-state index is 13.8. The molecule has 0 bridgehead atoms. The normalized spacial score (nSPS) is 20.8. The number of amides is 2. The highest BCUT2D eigenvalue weighted by atomic mass is 19.3. The van der Waals surface area contributed by atoms with Crippen LogP contribution in [-0.2, 0) is 11.2 Å². The molecule has 44 heavy (non-hydrogen) atoms. The fourth-order valence-electron chi connectivity index (χ4n) is 6.25. The van der Waals surface area contributed by atoms with Gasteiger partial charge in [-0.1, -0.05) is 0 Å². The molecule has 2 aromatic rings. The van der Waals surface area contributed by atoms with Crippen molar-refractivity contribution in [1.29, 1.82) is 0 Å². The molecule has 1 aliphatic carbocycles. The molecule has 0 aromatic heterocycles. The van der Waals surface area contributed by atoms with Crippen LogP contribution in [0.5, 0.6) is 23.0 Å². The van der Waals surface area contributed by atoms with E-state index in [1.807, 2.05) is 39.8 Å². The highest BCUT2D eigenvalue weighted by Crippen LogP contribution is 2.46. The van der Waals surface area contributed by atoms with Gasteiger partial charge in [0.2, 0.25) is 0 Å². The summed E-state index contributed by atoms with van der Waals surface area (Å²) in [6.07, 6.45) is 3.85. The highest BCUT2D eigenvalue weighted by molar-refractivity contribution is 6.20. The molecule has 11 heteroatoms. The number of hydrogen-bond acceptors (Lipinski definition) is 7. The second-order valence-corrected chi connectivity index (χ2v) is 13.2. The molecular weight excluding hydrogens is 572 g/mol. The number of hydrazone groups is 1. The molecule has 3 heterocycles. The SMILES string of the molecule is COc1ccc(C2=NN(C3CCN(C(=O)c4ccc(OC(F)F)c(OCC5CC5)c4)CC3)C(=O)C2(C)C)c2c1OC(C)(C)C2. The molecule has 2 fully saturated rings. The lowest BCUT2D eigenvalue weighted by molar-refractivity contribution is -0.138. The third kappa shape index (κ3) is 5.68. The Kier molecular flexibility index (Phi) is 7.70. The van der Waals surface area contributed by atoms with Gasteiger partial charge in [-0.05, 0) is 89.6 Å². The number of carbonyl (C=O) groups is 2. The summed E-state index contributed by atoms with van der Waals surface area (Å²) in [5.74, 6) is 1.51. The number of halogens is 2. The van der Waals surface area contributed by atoms with Crippen LogP contribution in [0.1, 0.15) is 74.9 Å². The molecule has 0 atom stereocenters. The Hall–Kier alpha value is -3.89. The molecule has 2 aromatic carbocycles. The smallest absolute Gasteiger partial charge is 0.387 e. The predicted octanol–water partition coefficient (Wildman–Crippen LogP) is 5.68. The first kappa shape index (κ1) is 30.1. The number of benzene rings is 2. The third-order valence-electron chi connectivity index (χ3n) is 8.90. The number of hydrogen-bond donors (Lipinski definition) is 0. The van der Waals surface area contributed by atoms with Gasteiger partial charge in [-0.15, -0.1) is 0 Å². The largest absolute Gasteiger partial charge is 0.493 e. The molecular formula is C33H39F2N3O6. The fourth-order valence-corrected chi connectivity index (χ4v) is 6.25. The predicted molar refractivity (Wildman–Crippen MR) is 159 cm³/mol. The average Bonchev–Trinajstić information content (AvgIpc) is 3.71. The minimum Gasteiger partial charge on any atom is -0.493 e. The number of nitrogens with zero attached hydrogens (tertiary/aromatic N) is 3. The summed E-state index contributed by atoms with van der Waals surface area (Å²) in [5, 5.41) is 6.52. The third-order valence-corrected chi connectivity index (χ3v) is 8.90. The number of fused-ring (bicyclic) bond motifs is 1. The van der Waals surface area contributed by atoms with Gasteiger partial charge >= 0.3 is 6.61 Å². The van der Waals surface area contributed by atoms with Crippen LogP contribution in [-0.4, -0.2) is 72.5 Å². The molecule has 1 saturated carbocycles. The van der Waals surface area contributed by atoms with E-state index in [4.69, 9.17) is 19.3 Å². The molecule has 6 rings (SSSR count). The Labute approximate surface area is 256 Å². The summed E-state index contributed by atoms with van der Waals surface area (Å²) in [4.78, 5) is 28.9. The summed E-state index contributed by atoms with van der Waals surface area (Å²) >= 11 is 0. The van der Waals surface area contributed by atoms with Gasteiger partial charge in [0, 0.05) is 36.2 Å². The summed E-state index contributed by atoms with van der Waals surface area (Å²) in [6.45, 7) is 6.10. The van der Waals surface area contributed by atoms with Gasteiger partial charge in [0.25, 0.3) is 11.8 Å². The summed E-state index contributed by atoms with van der Waals surface area (Å²) in [6, 6.07) is 7.98. The number of methoxy groups -OCH3 is 1. The average molecular weight is 612 g/mol. The van der Waals surface area contributed by atoms with Crippen LogP contribution in [0, 0.1) is 11.3 Å². The van der Waals surface area contributed by atoms with E-state index in [0.717, 1.165) is 24.0 Å². The lowest BCUT2D eigenvalue weighted by Gasteiger charge is -2.35. The van der Waals surface area contributed by atoms with Crippen molar-refractivity contribution < 1.29 is 37.3 Å². The van der Waals surface area contributed by atoms with Gasteiger partial charge in [0.15, 0.2) is 23.0 Å². The van der Waals surface area contributed by atoms with Gasteiger partial charge in [-0.3, -0.25) is 9.59 Å². The molecule has 0 N–H and O–H groups in total. The van der Waals surface area contributed by atoms with Crippen molar-refractivity contribution in [3.63, 3.8) is 0 Å². The first-order chi connectivity index (χ1) is 20.9. The molecule has 1 saturated heterocycles. The maximum atomic E-state index is 13.8. The van der Waals surface area contributed by atoms with Crippen molar-refractivity contribution in [2.45, 2.75) is 78.1 Å². The van der Waals surface area contributed by atoms with Crippen molar-refractivity contribution in [2.24, 2.45) is 16.4 Å². The molecule has 0 unspecified atom stereocenters.